The molecule has 2 aromatic carbocycles. The molecule has 0 fully saturated rings. The van der Waals surface area contributed by atoms with E-state index in [1.807, 2.05) is 30.3 Å². The van der Waals surface area contributed by atoms with E-state index in [4.69, 9.17) is 13.9 Å². The van der Waals surface area contributed by atoms with Crippen molar-refractivity contribution in [1.82, 2.24) is 4.72 Å². The van der Waals surface area contributed by atoms with Gasteiger partial charge in [0.15, 0.2) is 5.76 Å². The number of sulfonamides is 1. The van der Waals surface area contributed by atoms with Crippen molar-refractivity contribution in [2.45, 2.75) is 24.5 Å². The maximum atomic E-state index is 12.6. The second-order valence-corrected chi connectivity index (χ2v) is 8.55. The van der Waals surface area contributed by atoms with Gasteiger partial charge in [0.1, 0.15) is 12.4 Å². The van der Waals surface area contributed by atoms with Gasteiger partial charge in [-0.25, -0.2) is 13.1 Å². The zero-order valence-corrected chi connectivity index (χ0v) is 18.0. The number of hydrogen-bond acceptors (Lipinski definition) is 6. The third kappa shape index (κ3) is 6.17. The van der Waals surface area contributed by atoms with E-state index >= 15 is 0 Å². The van der Waals surface area contributed by atoms with E-state index in [1.165, 1.54) is 37.6 Å². The molecule has 0 aliphatic heterocycles. The monoisotopic (exact) mass is 444 g/mol. The van der Waals surface area contributed by atoms with Crippen LogP contribution < -0.4 is 14.8 Å². The van der Waals surface area contributed by atoms with Crippen molar-refractivity contribution in [1.29, 1.82) is 0 Å². The normalized spacial score (nSPS) is 12.3. The smallest absolute Gasteiger partial charge is 0.291 e. The highest BCUT2D eigenvalue weighted by Gasteiger charge is 2.19. The van der Waals surface area contributed by atoms with Gasteiger partial charge in [-0.05, 0) is 49.4 Å². The van der Waals surface area contributed by atoms with Crippen molar-refractivity contribution in [3.05, 3.63) is 78.3 Å². The number of rotatable bonds is 10. The Morgan fingerprint density at radius 3 is 2.45 bits per heavy atom. The van der Waals surface area contributed by atoms with Gasteiger partial charge >= 0.3 is 0 Å². The Labute approximate surface area is 181 Å². The van der Waals surface area contributed by atoms with E-state index in [0.29, 0.717) is 17.0 Å². The minimum absolute atomic E-state index is 0.0865. The summed E-state index contributed by atoms with van der Waals surface area (Å²) in [5.41, 5.74) is 1.03. The summed E-state index contributed by atoms with van der Waals surface area (Å²) >= 11 is 0. The molecule has 3 rings (SSSR count). The van der Waals surface area contributed by atoms with Gasteiger partial charge in [0.05, 0.1) is 17.8 Å². The molecule has 164 valence electrons. The predicted molar refractivity (Wildman–Crippen MR) is 116 cm³/mol. The average molecular weight is 445 g/mol. The fraction of sp³-hybridized carbons (Fsp3) is 0.227. The molecule has 0 radical (unpaired) electrons. The number of anilines is 1. The molecule has 3 aromatic rings. The first-order valence-electron chi connectivity index (χ1n) is 9.56. The highest BCUT2D eigenvalue weighted by atomic mass is 32.2. The highest BCUT2D eigenvalue weighted by molar-refractivity contribution is 7.89. The minimum atomic E-state index is -3.69. The molecule has 31 heavy (non-hydrogen) atoms. The summed E-state index contributed by atoms with van der Waals surface area (Å²) in [4.78, 5) is 12.7. The zero-order valence-electron chi connectivity index (χ0n) is 17.2. The Balaban J connectivity index is 1.63. The number of amides is 1. The average Bonchev–Trinajstić information content (AvgIpc) is 3.22. The lowest BCUT2D eigenvalue weighted by atomic mass is 10.2. The summed E-state index contributed by atoms with van der Waals surface area (Å²) in [6.45, 7) is 2.14. The lowest BCUT2D eigenvalue weighted by Crippen LogP contribution is -2.35. The Hall–Kier alpha value is -3.14. The summed E-state index contributed by atoms with van der Waals surface area (Å²) in [7, 11) is -2.19. The zero-order chi connectivity index (χ0) is 22.3. The molecule has 0 spiro atoms. The molecule has 0 aliphatic carbocycles. The van der Waals surface area contributed by atoms with Gasteiger partial charge in [0.25, 0.3) is 5.91 Å². The lowest BCUT2D eigenvalue weighted by Gasteiger charge is -2.13. The van der Waals surface area contributed by atoms with E-state index in [1.54, 1.807) is 13.0 Å². The highest BCUT2D eigenvalue weighted by Crippen LogP contribution is 2.19. The molecular weight excluding hydrogens is 420 g/mol. The first-order valence-corrected chi connectivity index (χ1v) is 11.0. The second kappa shape index (κ2) is 10.3. The topological polar surface area (TPSA) is 107 Å². The molecule has 1 heterocycles. The quantitative estimate of drug-likeness (QED) is 0.496. The predicted octanol–water partition coefficient (Wildman–Crippen LogP) is 3.42. The van der Waals surface area contributed by atoms with Crippen LogP contribution in [-0.2, 0) is 21.4 Å². The number of para-hydroxylation sites is 1. The van der Waals surface area contributed by atoms with Gasteiger partial charge < -0.3 is 19.2 Å². The first-order chi connectivity index (χ1) is 14.9. The van der Waals surface area contributed by atoms with Crippen molar-refractivity contribution in [2.24, 2.45) is 0 Å². The van der Waals surface area contributed by atoms with Gasteiger partial charge in [-0.1, -0.05) is 18.2 Å². The summed E-state index contributed by atoms with van der Waals surface area (Å²) in [5, 5.41) is 2.70. The Morgan fingerprint density at radius 1 is 1.06 bits per heavy atom. The first kappa shape index (κ1) is 22.5. The lowest BCUT2D eigenvalue weighted by molar-refractivity contribution is 0.0993. The van der Waals surface area contributed by atoms with Crippen LogP contribution in [0.2, 0.25) is 0 Å². The third-order valence-electron chi connectivity index (χ3n) is 4.29. The van der Waals surface area contributed by atoms with Crippen LogP contribution in [0.15, 0.2) is 76.2 Å². The van der Waals surface area contributed by atoms with E-state index in [-0.39, 0.29) is 29.9 Å². The molecule has 1 aromatic heterocycles. The van der Waals surface area contributed by atoms with Crippen LogP contribution in [0.25, 0.3) is 0 Å². The van der Waals surface area contributed by atoms with Crippen molar-refractivity contribution in [2.75, 3.05) is 19.0 Å². The van der Waals surface area contributed by atoms with E-state index in [0.717, 1.165) is 0 Å². The fourth-order valence-electron chi connectivity index (χ4n) is 2.85. The second-order valence-electron chi connectivity index (χ2n) is 6.83. The molecule has 8 nitrogen and oxygen atoms in total. The largest absolute Gasteiger partial charge is 0.489 e. The molecule has 1 unspecified atom stereocenters. The van der Waals surface area contributed by atoms with E-state index in [2.05, 4.69) is 10.0 Å². The molecule has 0 saturated heterocycles. The number of methoxy groups -OCH3 is 1. The van der Waals surface area contributed by atoms with E-state index < -0.39 is 15.9 Å². The van der Waals surface area contributed by atoms with Gasteiger partial charge in [0, 0.05) is 24.4 Å². The third-order valence-corrected chi connectivity index (χ3v) is 5.89. The molecule has 0 saturated carbocycles. The molecular formula is C22H24N2O6S. The van der Waals surface area contributed by atoms with Crippen molar-refractivity contribution in [3.8, 4) is 5.75 Å². The summed E-state index contributed by atoms with van der Waals surface area (Å²) in [6, 6.07) is 16.4. The van der Waals surface area contributed by atoms with Gasteiger partial charge in [-0.15, -0.1) is 0 Å². The molecule has 0 bridgehead atoms. The SMILES string of the molecule is COCC(C)NS(=O)(=O)c1ccc(NC(=O)c2occc2COc2ccccc2)cc1. The maximum absolute atomic E-state index is 12.6. The number of ether oxygens (including phenoxy) is 2. The number of benzene rings is 2. The Bertz CT molecular complexity index is 1090. The molecule has 2 N–H and O–H groups in total. The molecule has 1 atom stereocenters. The van der Waals surface area contributed by atoms with Gasteiger partial charge in [0.2, 0.25) is 10.0 Å². The van der Waals surface area contributed by atoms with Crippen LogP contribution in [0, 0.1) is 0 Å². The van der Waals surface area contributed by atoms with Crippen LogP contribution >= 0.6 is 0 Å². The summed E-state index contributed by atoms with van der Waals surface area (Å²) in [6.07, 6.45) is 1.42. The van der Waals surface area contributed by atoms with Crippen molar-refractivity contribution in [3.63, 3.8) is 0 Å². The molecule has 0 aliphatic rings. The maximum Gasteiger partial charge on any atom is 0.291 e. The van der Waals surface area contributed by atoms with Crippen LogP contribution in [-0.4, -0.2) is 34.1 Å². The van der Waals surface area contributed by atoms with Crippen molar-refractivity contribution < 1.29 is 27.1 Å². The number of hydrogen-bond donors (Lipinski definition) is 2. The standard InChI is InChI=1S/C22H24N2O6S/c1-16(14-28-2)24-31(26,27)20-10-8-18(9-11-20)23-22(25)21-17(12-13-29-21)15-30-19-6-4-3-5-7-19/h3-13,16,24H,14-15H2,1-2H3,(H,23,25). The van der Waals surface area contributed by atoms with Crippen LogP contribution in [0.3, 0.4) is 0 Å². The Morgan fingerprint density at radius 2 is 1.77 bits per heavy atom. The van der Waals surface area contributed by atoms with Gasteiger partial charge in [-0.3, -0.25) is 4.79 Å². The molecule has 9 heteroatoms. The van der Waals surface area contributed by atoms with E-state index in [9.17, 15) is 13.2 Å². The number of carbonyl (C=O) groups excluding carboxylic acids is 1. The fourth-order valence-corrected chi connectivity index (χ4v) is 4.08. The number of furan rings is 1. The Kier molecular flexibility index (Phi) is 7.45. The van der Waals surface area contributed by atoms with Crippen LogP contribution in [0.1, 0.15) is 23.0 Å². The minimum Gasteiger partial charge on any atom is -0.489 e. The molecule has 1 amide bonds. The summed E-state index contributed by atoms with van der Waals surface area (Å²) in [5.74, 6) is 0.349. The number of nitrogens with one attached hydrogen (secondary N) is 2. The van der Waals surface area contributed by atoms with Crippen molar-refractivity contribution >= 4 is 21.6 Å². The summed E-state index contributed by atoms with van der Waals surface area (Å²) < 4.78 is 43.2. The van der Waals surface area contributed by atoms with Gasteiger partial charge in [-0.2, -0.15) is 0 Å². The van der Waals surface area contributed by atoms with Crippen LogP contribution in [0.4, 0.5) is 5.69 Å². The number of carbonyl (C=O) groups is 1. The van der Waals surface area contributed by atoms with Crippen LogP contribution in [0.5, 0.6) is 5.75 Å².